The zero-order valence-corrected chi connectivity index (χ0v) is 17.0. The first kappa shape index (κ1) is 20.1. The van der Waals surface area contributed by atoms with Crippen LogP contribution in [0.4, 0.5) is 10.1 Å². The molecule has 2 heterocycles. The number of amides is 1. The van der Waals surface area contributed by atoms with E-state index in [1.54, 1.807) is 12.1 Å². The smallest absolute Gasteiger partial charge is 0.238 e. The van der Waals surface area contributed by atoms with E-state index in [0.29, 0.717) is 17.5 Å². The Morgan fingerprint density at radius 2 is 2.21 bits per heavy atom. The molecule has 0 spiro atoms. The Kier molecular flexibility index (Phi) is 6.02. The maximum atomic E-state index is 14.8. The largest absolute Gasteiger partial charge is 0.370 e. The maximum Gasteiger partial charge on any atom is 0.238 e. The molecule has 1 aliphatic carbocycles. The summed E-state index contributed by atoms with van der Waals surface area (Å²) in [6.45, 7) is 3.81. The van der Waals surface area contributed by atoms with Gasteiger partial charge in [-0.1, -0.05) is 6.07 Å². The van der Waals surface area contributed by atoms with E-state index in [2.05, 4.69) is 33.6 Å². The van der Waals surface area contributed by atoms with Gasteiger partial charge >= 0.3 is 0 Å². The van der Waals surface area contributed by atoms with Gasteiger partial charge < -0.3 is 20.4 Å². The summed E-state index contributed by atoms with van der Waals surface area (Å²) in [6.07, 6.45) is 4.46. The van der Waals surface area contributed by atoms with Gasteiger partial charge in [-0.15, -0.1) is 0 Å². The Morgan fingerprint density at radius 1 is 1.34 bits per heavy atom. The lowest BCUT2D eigenvalue weighted by Crippen LogP contribution is -2.50. The molecule has 3 aliphatic rings. The van der Waals surface area contributed by atoms with Crippen LogP contribution in [0.1, 0.15) is 31.2 Å². The molecule has 2 aliphatic heterocycles. The molecular formula is C22H30FN5O. The molecular weight excluding hydrogens is 369 g/mol. The Labute approximate surface area is 172 Å². The van der Waals surface area contributed by atoms with E-state index in [4.69, 9.17) is 0 Å². The lowest BCUT2D eigenvalue weighted by Gasteiger charge is -2.24. The van der Waals surface area contributed by atoms with Crippen molar-refractivity contribution < 1.29 is 9.18 Å². The molecule has 7 heteroatoms. The van der Waals surface area contributed by atoms with Gasteiger partial charge in [-0.2, -0.15) is 5.26 Å². The second-order valence-corrected chi connectivity index (χ2v) is 8.73. The molecule has 1 aromatic carbocycles. The monoisotopic (exact) mass is 399 g/mol. The molecule has 6 nitrogen and oxygen atoms in total. The van der Waals surface area contributed by atoms with Crippen LogP contribution in [0.5, 0.6) is 0 Å². The highest BCUT2D eigenvalue weighted by atomic mass is 19.1. The van der Waals surface area contributed by atoms with Crippen LogP contribution in [-0.4, -0.2) is 62.2 Å². The van der Waals surface area contributed by atoms with E-state index in [9.17, 15) is 14.4 Å². The van der Waals surface area contributed by atoms with Crippen molar-refractivity contribution in [2.75, 3.05) is 38.1 Å². The van der Waals surface area contributed by atoms with Crippen LogP contribution < -0.4 is 15.5 Å². The fourth-order valence-electron chi connectivity index (χ4n) is 4.96. The Morgan fingerprint density at radius 3 is 2.90 bits per heavy atom. The van der Waals surface area contributed by atoms with Crippen molar-refractivity contribution in [3.8, 4) is 6.07 Å². The van der Waals surface area contributed by atoms with Crippen molar-refractivity contribution in [3.63, 3.8) is 0 Å². The molecule has 2 bridgehead atoms. The number of anilines is 1. The number of piperidine rings is 1. The average Bonchev–Trinajstić information content (AvgIpc) is 3.28. The molecule has 4 atom stereocenters. The first-order valence-corrected chi connectivity index (χ1v) is 10.7. The summed E-state index contributed by atoms with van der Waals surface area (Å²) in [5, 5.41) is 15.7. The van der Waals surface area contributed by atoms with Crippen LogP contribution >= 0.6 is 0 Å². The van der Waals surface area contributed by atoms with E-state index in [-0.39, 0.29) is 24.2 Å². The van der Waals surface area contributed by atoms with E-state index in [1.807, 2.05) is 6.07 Å². The minimum Gasteiger partial charge on any atom is -0.370 e. The lowest BCUT2D eigenvalue weighted by molar-refractivity contribution is -0.124. The molecule has 156 valence electrons. The standard InChI is InChI=1S/C22H30FN5O/c1-27-7-2-8-28(10-9-27)19-6-4-15(20(23)13-19)11-18(14-24)26-22(29)21-16-3-5-17(12-16)25-21/h4,6,13,16-18,21,25H,2-3,5,7-12H2,1H3,(H,26,29). The second kappa shape index (κ2) is 8.68. The van der Waals surface area contributed by atoms with Crippen LogP contribution in [0, 0.1) is 23.1 Å². The summed E-state index contributed by atoms with van der Waals surface area (Å²) in [5.41, 5.74) is 1.35. The number of carbonyl (C=O) groups is 1. The van der Waals surface area contributed by atoms with Gasteiger partial charge in [-0.3, -0.25) is 4.79 Å². The zero-order valence-electron chi connectivity index (χ0n) is 17.0. The van der Waals surface area contributed by atoms with Gasteiger partial charge in [0.25, 0.3) is 0 Å². The predicted molar refractivity (Wildman–Crippen MR) is 110 cm³/mol. The number of hydrogen-bond donors (Lipinski definition) is 2. The zero-order chi connectivity index (χ0) is 20.4. The summed E-state index contributed by atoms with van der Waals surface area (Å²) < 4.78 is 14.8. The number of rotatable bonds is 5. The number of likely N-dealkylation sites (N-methyl/N-ethyl adjacent to an activating group) is 1. The molecule has 1 aromatic rings. The van der Waals surface area contributed by atoms with Crippen molar-refractivity contribution >= 4 is 11.6 Å². The number of halogens is 1. The number of nitriles is 1. The topological polar surface area (TPSA) is 71.4 Å². The highest BCUT2D eigenvalue weighted by molar-refractivity contribution is 5.83. The number of nitrogens with zero attached hydrogens (tertiary/aromatic N) is 3. The highest BCUT2D eigenvalue weighted by Gasteiger charge is 2.43. The molecule has 1 amide bonds. The molecule has 4 unspecified atom stereocenters. The van der Waals surface area contributed by atoms with E-state index < -0.39 is 6.04 Å². The van der Waals surface area contributed by atoms with E-state index >= 15 is 0 Å². The lowest BCUT2D eigenvalue weighted by atomic mass is 9.98. The summed E-state index contributed by atoms with van der Waals surface area (Å²) in [5.74, 6) is -0.0786. The third kappa shape index (κ3) is 4.54. The fourth-order valence-corrected chi connectivity index (χ4v) is 4.96. The third-order valence-electron chi connectivity index (χ3n) is 6.66. The Bertz CT molecular complexity index is 794. The van der Waals surface area contributed by atoms with Crippen LogP contribution in [0.15, 0.2) is 18.2 Å². The normalized spacial score (nSPS) is 28.0. The number of carbonyl (C=O) groups excluding carboxylic acids is 1. The van der Waals surface area contributed by atoms with Gasteiger partial charge in [0, 0.05) is 37.8 Å². The minimum absolute atomic E-state index is 0.130. The number of fused-ring (bicyclic) bond motifs is 2. The van der Waals surface area contributed by atoms with Crippen molar-refractivity contribution in [1.82, 2.24) is 15.5 Å². The molecule has 0 radical (unpaired) electrons. The molecule has 3 fully saturated rings. The third-order valence-corrected chi connectivity index (χ3v) is 6.66. The summed E-state index contributed by atoms with van der Waals surface area (Å²) in [4.78, 5) is 17.1. The molecule has 1 saturated carbocycles. The molecule has 29 heavy (non-hydrogen) atoms. The van der Waals surface area contributed by atoms with Crippen molar-refractivity contribution in [3.05, 3.63) is 29.6 Å². The molecule has 2 saturated heterocycles. The van der Waals surface area contributed by atoms with Gasteiger partial charge in [0.05, 0.1) is 12.1 Å². The van der Waals surface area contributed by atoms with Crippen LogP contribution in [0.25, 0.3) is 0 Å². The minimum atomic E-state index is -0.726. The van der Waals surface area contributed by atoms with Gasteiger partial charge in [-0.25, -0.2) is 4.39 Å². The second-order valence-electron chi connectivity index (χ2n) is 8.73. The van der Waals surface area contributed by atoms with Crippen LogP contribution in [-0.2, 0) is 11.2 Å². The maximum absolute atomic E-state index is 14.8. The van der Waals surface area contributed by atoms with Gasteiger partial charge in [-0.05, 0) is 62.9 Å². The summed E-state index contributed by atoms with van der Waals surface area (Å²) in [7, 11) is 2.11. The van der Waals surface area contributed by atoms with Crippen molar-refractivity contribution in [2.45, 2.75) is 50.2 Å². The molecule has 0 aromatic heterocycles. The summed E-state index contributed by atoms with van der Waals surface area (Å²) in [6, 6.07) is 6.87. The average molecular weight is 400 g/mol. The quantitative estimate of drug-likeness (QED) is 0.788. The first-order chi connectivity index (χ1) is 14.0. The van der Waals surface area contributed by atoms with E-state index in [0.717, 1.165) is 57.5 Å². The SMILES string of the molecule is CN1CCCN(c2ccc(CC(C#N)NC(=O)C3NC4CCC3C4)c(F)c2)CC1. The molecule has 4 rings (SSSR count). The van der Waals surface area contributed by atoms with Gasteiger partial charge in [0.1, 0.15) is 11.9 Å². The highest BCUT2D eigenvalue weighted by Crippen LogP contribution is 2.35. The number of nitrogens with one attached hydrogen (secondary N) is 2. The fraction of sp³-hybridized carbons (Fsp3) is 0.636. The van der Waals surface area contributed by atoms with Crippen molar-refractivity contribution in [2.24, 2.45) is 5.92 Å². The van der Waals surface area contributed by atoms with Gasteiger partial charge in [0.15, 0.2) is 0 Å². The number of benzene rings is 1. The molecule has 2 N–H and O–H groups in total. The van der Waals surface area contributed by atoms with Crippen LogP contribution in [0.3, 0.4) is 0 Å². The Balaban J connectivity index is 1.37. The predicted octanol–water partition coefficient (Wildman–Crippen LogP) is 1.66. The summed E-state index contributed by atoms with van der Waals surface area (Å²) >= 11 is 0. The van der Waals surface area contributed by atoms with Gasteiger partial charge in [0.2, 0.25) is 5.91 Å². The number of hydrogen-bond acceptors (Lipinski definition) is 5. The van der Waals surface area contributed by atoms with Crippen molar-refractivity contribution in [1.29, 1.82) is 5.26 Å². The van der Waals surface area contributed by atoms with E-state index in [1.165, 1.54) is 0 Å². The Hall–Kier alpha value is -2.17. The van der Waals surface area contributed by atoms with Crippen LogP contribution in [0.2, 0.25) is 0 Å². The first-order valence-electron chi connectivity index (χ1n) is 10.7.